The molecule has 42 heavy (non-hydrogen) atoms. The number of carbonyl (C=O) groups is 2. The zero-order chi connectivity index (χ0) is 29.5. The Hall–Kier alpha value is -3.93. The first kappa shape index (κ1) is 29.6. The predicted molar refractivity (Wildman–Crippen MR) is 165 cm³/mol. The average molecular weight is 588 g/mol. The van der Waals surface area contributed by atoms with Crippen LogP contribution < -0.4 is 15.6 Å². The van der Waals surface area contributed by atoms with Crippen LogP contribution in [0.15, 0.2) is 71.1 Å². The van der Waals surface area contributed by atoms with Gasteiger partial charge in [-0.2, -0.15) is 5.11 Å². The van der Waals surface area contributed by atoms with Crippen molar-refractivity contribution in [2.45, 2.75) is 45.7 Å². The molecule has 0 radical (unpaired) electrons. The molecule has 11 heteroatoms. The van der Waals surface area contributed by atoms with E-state index in [1.54, 1.807) is 40.6 Å². The molecule has 5 rings (SSSR count). The van der Waals surface area contributed by atoms with Gasteiger partial charge in [-0.1, -0.05) is 23.9 Å². The summed E-state index contributed by atoms with van der Waals surface area (Å²) in [5.41, 5.74) is 4.46. The fraction of sp³-hybridized carbons (Fsp3) is 0.387. The largest absolute Gasteiger partial charge is 0.379 e. The minimum Gasteiger partial charge on any atom is -0.379 e. The highest BCUT2D eigenvalue weighted by molar-refractivity contribution is 7.15. The lowest BCUT2D eigenvalue weighted by Gasteiger charge is -2.36. The van der Waals surface area contributed by atoms with Crippen molar-refractivity contribution in [3.05, 3.63) is 88.1 Å². The third kappa shape index (κ3) is 7.28. The topological polar surface area (TPSA) is 112 Å². The smallest absolute Gasteiger partial charge is 0.257 e. The van der Waals surface area contributed by atoms with Crippen molar-refractivity contribution >= 4 is 34.0 Å². The Labute approximate surface area is 250 Å². The number of hydrogen-bond donors (Lipinski definition) is 2. The Kier molecular flexibility index (Phi) is 9.73. The van der Waals surface area contributed by atoms with Gasteiger partial charge in [-0.15, -0.1) is 11.3 Å². The van der Waals surface area contributed by atoms with Gasteiger partial charge in [-0.05, 0) is 75.1 Å². The molecule has 220 valence electrons. The highest BCUT2D eigenvalue weighted by atomic mass is 32.1. The molecular formula is C31H37N7O3S. The number of fused-ring (bicyclic) bond motifs is 1. The van der Waals surface area contributed by atoms with E-state index in [1.807, 2.05) is 38.1 Å². The van der Waals surface area contributed by atoms with E-state index in [9.17, 15) is 9.59 Å². The number of aryl methyl sites for hydroxylation is 1. The number of rotatable bonds is 10. The van der Waals surface area contributed by atoms with E-state index >= 15 is 0 Å². The van der Waals surface area contributed by atoms with E-state index in [2.05, 4.69) is 32.4 Å². The second-order valence-corrected chi connectivity index (χ2v) is 11.5. The van der Waals surface area contributed by atoms with Gasteiger partial charge in [-0.3, -0.25) is 19.8 Å². The van der Waals surface area contributed by atoms with Crippen LogP contribution >= 0.6 is 11.3 Å². The molecule has 0 saturated carbocycles. The third-order valence-electron chi connectivity index (χ3n) is 7.37. The summed E-state index contributed by atoms with van der Waals surface area (Å²) in [6, 6.07) is 14.9. The maximum Gasteiger partial charge on any atom is 0.257 e. The molecule has 2 N–H and O–H groups in total. The van der Waals surface area contributed by atoms with Crippen molar-refractivity contribution in [3.8, 4) is 0 Å². The molecule has 1 atom stereocenters. The van der Waals surface area contributed by atoms with E-state index < -0.39 is 0 Å². The Morgan fingerprint density at radius 1 is 1.14 bits per heavy atom. The minimum absolute atomic E-state index is 0.211. The van der Waals surface area contributed by atoms with Gasteiger partial charge in [0.2, 0.25) is 0 Å². The van der Waals surface area contributed by atoms with Crippen LogP contribution in [0, 0.1) is 0 Å². The van der Waals surface area contributed by atoms with Crippen LogP contribution in [0.1, 0.15) is 57.1 Å². The Bertz CT molecular complexity index is 1450. The fourth-order valence-electron chi connectivity index (χ4n) is 5.17. The van der Waals surface area contributed by atoms with Crippen molar-refractivity contribution in [1.82, 2.24) is 15.2 Å². The summed E-state index contributed by atoms with van der Waals surface area (Å²) in [5, 5.41) is 16.4. The summed E-state index contributed by atoms with van der Waals surface area (Å²) < 4.78 is 5.50. The molecule has 1 fully saturated rings. The van der Waals surface area contributed by atoms with Crippen LogP contribution in [-0.2, 0) is 24.1 Å². The Balaban J connectivity index is 1.16. The van der Waals surface area contributed by atoms with Gasteiger partial charge in [-0.25, -0.2) is 9.99 Å². The van der Waals surface area contributed by atoms with Gasteiger partial charge in [0, 0.05) is 47.4 Å². The van der Waals surface area contributed by atoms with E-state index in [4.69, 9.17) is 9.72 Å². The first-order valence-electron chi connectivity index (χ1n) is 14.3. The molecular weight excluding hydrogens is 550 g/mol. The van der Waals surface area contributed by atoms with Crippen LogP contribution in [0.25, 0.3) is 0 Å². The lowest BCUT2D eigenvalue weighted by Crippen LogP contribution is -2.45. The molecule has 1 saturated heterocycles. The average Bonchev–Trinajstić information content (AvgIpc) is 3.42. The van der Waals surface area contributed by atoms with Crippen LogP contribution in [0.2, 0.25) is 0 Å². The van der Waals surface area contributed by atoms with Crippen molar-refractivity contribution in [2.24, 2.45) is 10.3 Å². The quantitative estimate of drug-likeness (QED) is 0.248. The van der Waals surface area contributed by atoms with Crippen molar-refractivity contribution < 1.29 is 14.3 Å². The predicted octanol–water partition coefficient (Wildman–Crippen LogP) is 5.24. The van der Waals surface area contributed by atoms with Gasteiger partial charge in [0.25, 0.3) is 11.8 Å². The summed E-state index contributed by atoms with van der Waals surface area (Å²) >= 11 is 1.57. The van der Waals surface area contributed by atoms with E-state index in [1.165, 1.54) is 4.88 Å². The Morgan fingerprint density at radius 3 is 2.67 bits per heavy atom. The molecule has 2 aromatic carbocycles. The summed E-state index contributed by atoms with van der Waals surface area (Å²) in [6.07, 6.45) is 2.98. The maximum atomic E-state index is 13.1. The summed E-state index contributed by atoms with van der Waals surface area (Å²) in [7, 11) is 0. The van der Waals surface area contributed by atoms with E-state index in [0.29, 0.717) is 35.4 Å². The fourth-order valence-corrected chi connectivity index (χ4v) is 6.24. The van der Waals surface area contributed by atoms with Crippen LogP contribution in [0.4, 0.5) is 10.8 Å². The number of thiazole rings is 1. The molecule has 2 aliphatic rings. The number of nitrogens with zero attached hydrogens (tertiary/aromatic N) is 5. The lowest BCUT2D eigenvalue weighted by molar-refractivity contribution is 0.0139. The second-order valence-electron chi connectivity index (χ2n) is 10.4. The van der Waals surface area contributed by atoms with Gasteiger partial charge in [0.1, 0.15) is 0 Å². The first-order valence-corrected chi connectivity index (χ1v) is 15.1. The van der Waals surface area contributed by atoms with Crippen LogP contribution in [-0.4, -0.2) is 60.6 Å². The number of benzene rings is 2. The summed E-state index contributed by atoms with van der Waals surface area (Å²) in [5.74, 6) is -0.422. The number of amides is 2. The number of hydrogen-bond acceptors (Lipinski definition) is 8. The molecule has 10 nitrogen and oxygen atoms in total. The molecule has 2 amide bonds. The molecule has 0 spiro atoms. The Morgan fingerprint density at radius 2 is 1.93 bits per heavy atom. The van der Waals surface area contributed by atoms with Crippen LogP contribution in [0.3, 0.4) is 0 Å². The molecule has 1 aliphatic carbocycles. The van der Waals surface area contributed by atoms with Crippen molar-refractivity contribution in [1.29, 1.82) is 0 Å². The van der Waals surface area contributed by atoms with E-state index in [-0.39, 0.29) is 11.8 Å². The second kappa shape index (κ2) is 13.8. The molecule has 1 aromatic heterocycles. The molecule has 3 aromatic rings. The van der Waals surface area contributed by atoms with E-state index in [0.717, 1.165) is 68.2 Å². The number of aromatic nitrogens is 1. The highest BCUT2D eigenvalue weighted by Crippen LogP contribution is 2.32. The summed E-state index contributed by atoms with van der Waals surface area (Å²) in [6.45, 7) is 12.1. The maximum absolute atomic E-state index is 13.1. The minimum atomic E-state index is -0.211. The third-order valence-corrected chi connectivity index (χ3v) is 8.40. The number of anilines is 2. The van der Waals surface area contributed by atoms with Crippen molar-refractivity contribution in [3.63, 3.8) is 0 Å². The van der Waals surface area contributed by atoms with Gasteiger partial charge >= 0.3 is 0 Å². The first-order chi connectivity index (χ1) is 20.4. The zero-order valence-corrected chi connectivity index (χ0v) is 25.0. The monoisotopic (exact) mass is 587 g/mol. The normalized spacial score (nSPS) is 17.0. The molecule has 0 unspecified atom stereocenters. The number of carbonyl (C=O) groups excluding carboxylic acids is 2. The van der Waals surface area contributed by atoms with Gasteiger partial charge in [0.05, 0.1) is 31.1 Å². The standard InChI is InChI=1S/C31H37N7O3S/c1-4-33-36-38(21(2)3)25-10-8-23(9-11-25)29(39)32-20-22-6-5-7-24(18-22)30(40)35-31-34-27-13-12-26(19-28(27)42-31)37-14-16-41-17-15-37/h5-11,18,26H,2,4,12-17,19-20H2,1,3H3,(H,32,39)(H,34,35,40)/b36-33-/t26-/m0/s1. The summed E-state index contributed by atoms with van der Waals surface area (Å²) in [4.78, 5) is 34.4. The van der Waals surface area contributed by atoms with Crippen LogP contribution in [0.5, 0.6) is 0 Å². The highest BCUT2D eigenvalue weighted by Gasteiger charge is 2.28. The molecule has 2 heterocycles. The lowest BCUT2D eigenvalue weighted by atomic mass is 9.96. The van der Waals surface area contributed by atoms with Crippen molar-refractivity contribution in [2.75, 3.05) is 43.2 Å². The van der Waals surface area contributed by atoms with Gasteiger partial charge < -0.3 is 10.1 Å². The SMILES string of the molecule is C=C(C)N(/N=N\CC)c1ccc(C(=O)NCc2cccc(C(=O)Nc3nc4c(s3)C[C@@H](N3CCOCC3)CC4)c2)cc1. The molecule has 1 aliphatic heterocycles. The number of nitrogens with one attached hydrogen (secondary N) is 2. The number of morpholine rings is 1. The zero-order valence-electron chi connectivity index (χ0n) is 24.1. The molecule has 0 bridgehead atoms. The van der Waals surface area contributed by atoms with Gasteiger partial charge in [0.15, 0.2) is 5.13 Å². The number of allylic oxidation sites excluding steroid dienone is 1. The number of ether oxygens (including phenoxy) is 1.